The van der Waals surface area contributed by atoms with Crippen molar-refractivity contribution in [1.29, 1.82) is 0 Å². The van der Waals surface area contributed by atoms with Gasteiger partial charge in [-0.3, -0.25) is 0 Å². The van der Waals surface area contributed by atoms with Gasteiger partial charge in [-0.15, -0.1) is 0 Å². The first-order chi connectivity index (χ1) is 10.2. The van der Waals surface area contributed by atoms with Gasteiger partial charge in [-0.1, -0.05) is 12.1 Å². The van der Waals surface area contributed by atoms with Crippen LogP contribution in [-0.2, 0) is 9.47 Å². The molecule has 21 heavy (non-hydrogen) atoms. The highest BCUT2D eigenvalue weighted by molar-refractivity contribution is 5.88. The van der Waals surface area contributed by atoms with Crippen LogP contribution < -0.4 is 10.6 Å². The van der Waals surface area contributed by atoms with E-state index in [0.29, 0.717) is 24.9 Å². The Morgan fingerprint density at radius 3 is 2.95 bits per heavy atom. The Morgan fingerprint density at radius 2 is 2.14 bits per heavy atom. The van der Waals surface area contributed by atoms with Crippen molar-refractivity contribution in [3.05, 3.63) is 24.3 Å². The minimum absolute atomic E-state index is 0.0232. The van der Waals surface area contributed by atoms with Gasteiger partial charge in [-0.25, -0.2) is 4.98 Å². The van der Waals surface area contributed by atoms with Crippen molar-refractivity contribution in [2.75, 3.05) is 37.4 Å². The van der Waals surface area contributed by atoms with Crippen LogP contribution >= 0.6 is 0 Å². The normalized spacial score (nSPS) is 22.7. The van der Waals surface area contributed by atoms with E-state index in [0.717, 1.165) is 17.4 Å². The zero-order valence-corrected chi connectivity index (χ0v) is 12.3. The molecule has 1 fully saturated rings. The summed E-state index contributed by atoms with van der Waals surface area (Å²) in [4.78, 5) is 11.2. The van der Waals surface area contributed by atoms with Gasteiger partial charge in [0.1, 0.15) is 5.82 Å². The molecule has 0 spiro atoms. The number of ether oxygens (including phenoxy) is 2. The van der Waals surface area contributed by atoms with Crippen LogP contribution in [0.2, 0.25) is 0 Å². The first kappa shape index (κ1) is 14.0. The molecule has 6 nitrogen and oxygen atoms in total. The molecule has 2 aromatic rings. The van der Waals surface area contributed by atoms with Gasteiger partial charge in [0, 0.05) is 25.6 Å². The topological polar surface area (TPSA) is 73.5 Å². The zero-order chi connectivity index (χ0) is 14.8. The average molecular weight is 288 g/mol. The van der Waals surface area contributed by atoms with E-state index in [2.05, 4.69) is 14.9 Å². The summed E-state index contributed by atoms with van der Waals surface area (Å²) < 4.78 is 11.0. The Balaban J connectivity index is 1.92. The van der Waals surface area contributed by atoms with Crippen LogP contribution in [0.3, 0.4) is 0 Å². The van der Waals surface area contributed by atoms with Crippen LogP contribution in [0.25, 0.3) is 10.9 Å². The van der Waals surface area contributed by atoms with Crippen molar-refractivity contribution in [1.82, 2.24) is 9.97 Å². The number of fused-ring (bicyclic) bond motifs is 1. The van der Waals surface area contributed by atoms with E-state index < -0.39 is 0 Å². The lowest BCUT2D eigenvalue weighted by Crippen LogP contribution is -2.49. The second-order valence-electron chi connectivity index (χ2n) is 5.36. The predicted molar refractivity (Wildman–Crippen MR) is 82.4 cm³/mol. The van der Waals surface area contributed by atoms with Gasteiger partial charge in [-0.05, 0) is 19.1 Å². The van der Waals surface area contributed by atoms with Gasteiger partial charge in [0.05, 0.1) is 24.3 Å². The molecule has 1 aromatic heterocycles. The smallest absolute Gasteiger partial charge is 0.228 e. The predicted octanol–water partition coefficient (Wildman–Crippen LogP) is 1.45. The monoisotopic (exact) mass is 288 g/mol. The van der Waals surface area contributed by atoms with Crippen molar-refractivity contribution < 1.29 is 9.47 Å². The van der Waals surface area contributed by atoms with Crippen molar-refractivity contribution >= 4 is 22.7 Å². The molecular formula is C15H20N4O2. The van der Waals surface area contributed by atoms with E-state index in [9.17, 15) is 0 Å². The summed E-state index contributed by atoms with van der Waals surface area (Å²) >= 11 is 0. The standard InChI is InChI=1S/C15H20N4O2/c1-10-7-19(8-11(21-10)9-20-2)15-17-13-6-4-3-5-12(13)14(16)18-15/h3-6,10-11H,7-9H2,1-2H3,(H2,16,17,18). The number of rotatable bonds is 3. The fourth-order valence-electron chi connectivity index (χ4n) is 2.72. The average Bonchev–Trinajstić information content (AvgIpc) is 2.47. The first-order valence-electron chi connectivity index (χ1n) is 7.09. The minimum atomic E-state index is 0.0232. The lowest BCUT2D eigenvalue weighted by Gasteiger charge is -2.36. The van der Waals surface area contributed by atoms with Gasteiger partial charge in [0.25, 0.3) is 0 Å². The number of nitrogens with zero attached hydrogens (tertiary/aromatic N) is 3. The number of aromatic nitrogens is 2. The molecule has 2 unspecified atom stereocenters. The maximum Gasteiger partial charge on any atom is 0.228 e. The van der Waals surface area contributed by atoms with E-state index in [1.807, 2.05) is 31.2 Å². The number of nitrogens with two attached hydrogens (primary N) is 1. The van der Waals surface area contributed by atoms with Crippen LogP contribution in [0.4, 0.5) is 11.8 Å². The van der Waals surface area contributed by atoms with E-state index in [1.165, 1.54) is 0 Å². The molecule has 2 N–H and O–H groups in total. The molecule has 1 aromatic carbocycles. The van der Waals surface area contributed by atoms with Crippen LogP contribution in [0, 0.1) is 0 Å². The lowest BCUT2D eigenvalue weighted by molar-refractivity contribution is -0.0514. The Bertz CT molecular complexity index is 634. The number of methoxy groups -OCH3 is 1. The van der Waals surface area contributed by atoms with E-state index >= 15 is 0 Å². The number of hydrogen-bond acceptors (Lipinski definition) is 6. The van der Waals surface area contributed by atoms with Gasteiger partial charge in [-0.2, -0.15) is 4.98 Å². The van der Waals surface area contributed by atoms with Crippen LogP contribution in [0.5, 0.6) is 0 Å². The minimum Gasteiger partial charge on any atom is -0.383 e. The third-order valence-corrected chi connectivity index (χ3v) is 3.58. The van der Waals surface area contributed by atoms with Crippen molar-refractivity contribution in [2.45, 2.75) is 19.1 Å². The number of para-hydroxylation sites is 1. The molecule has 2 atom stereocenters. The van der Waals surface area contributed by atoms with Gasteiger partial charge in [0.2, 0.25) is 5.95 Å². The van der Waals surface area contributed by atoms with E-state index in [4.69, 9.17) is 15.2 Å². The van der Waals surface area contributed by atoms with E-state index in [1.54, 1.807) is 7.11 Å². The maximum atomic E-state index is 6.06. The Labute approximate surface area is 123 Å². The Kier molecular flexibility index (Phi) is 3.90. The SMILES string of the molecule is COCC1CN(c2nc(N)c3ccccc3n2)CC(C)O1. The number of morpholine rings is 1. The molecular weight excluding hydrogens is 268 g/mol. The molecule has 0 bridgehead atoms. The van der Waals surface area contributed by atoms with E-state index in [-0.39, 0.29) is 12.2 Å². The summed E-state index contributed by atoms with van der Waals surface area (Å²) in [7, 11) is 1.68. The molecule has 2 heterocycles. The maximum absolute atomic E-state index is 6.06. The fraction of sp³-hybridized carbons (Fsp3) is 0.467. The summed E-state index contributed by atoms with van der Waals surface area (Å²) in [5.41, 5.74) is 6.92. The van der Waals surface area contributed by atoms with Crippen LogP contribution in [-0.4, -0.2) is 49.0 Å². The third kappa shape index (κ3) is 2.91. The molecule has 0 amide bonds. The second kappa shape index (κ2) is 5.83. The summed E-state index contributed by atoms with van der Waals surface area (Å²) in [5.74, 6) is 1.17. The molecule has 3 rings (SSSR count). The van der Waals surface area contributed by atoms with Gasteiger partial charge < -0.3 is 20.1 Å². The number of hydrogen-bond donors (Lipinski definition) is 1. The summed E-state index contributed by atoms with van der Waals surface area (Å²) in [6, 6.07) is 7.78. The molecule has 0 aliphatic carbocycles. The molecule has 112 valence electrons. The zero-order valence-electron chi connectivity index (χ0n) is 12.3. The second-order valence-corrected chi connectivity index (χ2v) is 5.36. The van der Waals surface area contributed by atoms with Crippen molar-refractivity contribution in [3.8, 4) is 0 Å². The van der Waals surface area contributed by atoms with Crippen molar-refractivity contribution in [2.24, 2.45) is 0 Å². The quantitative estimate of drug-likeness (QED) is 0.921. The summed E-state index contributed by atoms with van der Waals surface area (Å²) in [6.07, 6.45) is 0.130. The number of anilines is 2. The molecule has 0 radical (unpaired) electrons. The first-order valence-corrected chi connectivity index (χ1v) is 7.09. The largest absolute Gasteiger partial charge is 0.383 e. The highest BCUT2D eigenvalue weighted by Gasteiger charge is 2.27. The molecule has 0 saturated carbocycles. The van der Waals surface area contributed by atoms with Gasteiger partial charge >= 0.3 is 0 Å². The van der Waals surface area contributed by atoms with Gasteiger partial charge in [0.15, 0.2) is 0 Å². The van der Waals surface area contributed by atoms with Crippen LogP contribution in [0.1, 0.15) is 6.92 Å². The third-order valence-electron chi connectivity index (χ3n) is 3.58. The molecule has 1 saturated heterocycles. The highest BCUT2D eigenvalue weighted by Crippen LogP contribution is 2.23. The molecule has 1 aliphatic heterocycles. The van der Waals surface area contributed by atoms with Crippen molar-refractivity contribution in [3.63, 3.8) is 0 Å². The summed E-state index contributed by atoms with van der Waals surface area (Å²) in [6.45, 7) is 4.05. The Morgan fingerprint density at radius 1 is 1.33 bits per heavy atom. The number of nitrogen functional groups attached to an aromatic ring is 1. The molecule has 6 heteroatoms. The number of benzene rings is 1. The van der Waals surface area contributed by atoms with Crippen LogP contribution in [0.15, 0.2) is 24.3 Å². The lowest BCUT2D eigenvalue weighted by atomic mass is 10.2. The summed E-state index contributed by atoms with van der Waals surface area (Å²) in [5, 5.41) is 0.885. The Hall–Kier alpha value is -1.92. The molecule has 1 aliphatic rings. The highest BCUT2D eigenvalue weighted by atomic mass is 16.5. The fourth-order valence-corrected chi connectivity index (χ4v) is 2.72.